The fourth-order valence-corrected chi connectivity index (χ4v) is 2.88. The summed E-state index contributed by atoms with van der Waals surface area (Å²) < 4.78 is 52.8. The van der Waals surface area contributed by atoms with E-state index in [0.29, 0.717) is 5.56 Å². The van der Waals surface area contributed by atoms with Crippen LogP contribution in [0.5, 0.6) is 11.5 Å². The Morgan fingerprint density at radius 1 is 0.900 bits per heavy atom. The van der Waals surface area contributed by atoms with Crippen LogP contribution >= 0.6 is 0 Å². The van der Waals surface area contributed by atoms with E-state index < -0.39 is 23.6 Å². The third-order valence-electron chi connectivity index (χ3n) is 4.50. The highest BCUT2D eigenvalue weighted by Crippen LogP contribution is 2.28. The minimum absolute atomic E-state index is 0.0212. The van der Waals surface area contributed by atoms with Crippen LogP contribution in [0.1, 0.15) is 24.2 Å². The lowest BCUT2D eigenvalue weighted by Gasteiger charge is -2.12. The Labute approximate surface area is 173 Å². The van der Waals surface area contributed by atoms with Gasteiger partial charge in [0.2, 0.25) is 5.82 Å². The number of benzene rings is 3. The van der Waals surface area contributed by atoms with Gasteiger partial charge in [0.25, 0.3) is 0 Å². The highest BCUT2D eigenvalue weighted by Gasteiger charge is 2.17. The largest absolute Gasteiger partial charge is 0.486 e. The average molecular weight is 414 g/mol. The van der Waals surface area contributed by atoms with Crippen molar-refractivity contribution in [2.24, 2.45) is 0 Å². The van der Waals surface area contributed by atoms with Crippen molar-refractivity contribution in [3.63, 3.8) is 0 Å². The normalized spacial score (nSPS) is 11.8. The standard InChI is InChI=1S/C24H21F3O3/c1-3-12-29-21-10-8-18(13-20(21)25)17-6-4-16(5-7-17)14-30-22-11-9-19(15(2)28)23(26)24(22)27/h3-11,13,15,28H,1,12,14H2,2H3. The van der Waals surface area contributed by atoms with Crippen LogP contribution in [-0.4, -0.2) is 11.7 Å². The molecule has 1 unspecified atom stereocenters. The molecule has 0 amide bonds. The number of aliphatic hydroxyl groups excluding tert-OH is 1. The number of ether oxygens (including phenoxy) is 2. The Bertz CT molecular complexity index is 1030. The van der Waals surface area contributed by atoms with Gasteiger partial charge >= 0.3 is 0 Å². The van der Waals surface area contributed by atoms with Gasteiger partial charge in [0.05, 0.1) is 6.10 Å². The first-order valence-corrected chi connectivity index (χ1v) is 9.32. The van der Waals surface area contributed by atoms with Crippen molar-refractivity contribution in [3.05, 3.63) is 95.8 Å². The molecule has 3 nitrogen and oxygen atoms in total. The summed E-state index contributed by atoms with van der Waals surface area (Å²) in [4.78, 5) is 0. The Morgan fingerprint density at radius 3 is 2.20 bits per heavy atom. The number of hydrogen-bond donors (Lipinski definition) is 1. The SMILES string of the molecule is C=CCOc1ccc(-c2ccc(COc3ccc(C(C)O)c(F)c3F)cc2)cc1F. The highest BCUT2D eigenvalue weighted by atomic mass is 19.2. The second-order valence-corrected chi connectivity index (χ2v) is 6.69. The van der Waals surface area contributed by atoms with Crippen molar-refractivity contribution in [2.45, 2.75) is 19.6 Å². The molecule has 3 aromatic rings. The third-order valence-corrected chi connectivity index (χ3v) is 4.50. The topological polar surface area (TPSA) is 38.7 Å². The zero-order valence-electron chi connectivity index (χ0n) is 16.4. The molecule has 0 saturated carbocycles. The number of aliphatic hydroxyl groups is 1. The second kappa shape index (κ2) is 9.50. The predicted molar refractivity (Wildman–Crippen MR) is 109 cm³/mol. The molecule has 3 rings (SSSR count). The first-order valence-electron chi connectivity index (χ1n) is 9.32. The van der Waals surface area contributed by atoms with Gasteiger partial charge in [-0.25, -0.2) is 8.78 Å². The minimum Gasteiger partial charge on any atom is -0.486 e. The van der Waals surface area contributed by atoms with Crippen LogP contribution in [0.3, 0.4) is 0 Å². The van der Waals surface area contributed by atoms with Gasteiger partial charge in [-0.1, -0.05) is 43.0 Å². The molecular weight excluding hydrogens is 393 g/mol. The molecule has 1 N–H and O–H groups in total. The highest BCUT2D eigenvalue weighted by molar-refractivity contribution is 5.64. The van der Waals surface area contributed by atoms with Gasteiger partial charge in [0, 0.05) is 5.56 Å². The molecule has 30 heavy (non-hydrogen) atoms. The van der Waals surface area contributed by atoms with E-state index in [4.69, 9.17) is 9.47 Å². The number of rotatable bonds is 8. The van der Waals surface area contributed by atoms with Crippen LogP contribution in [0.25, 0.3) is 11.1 Å². The quantitative estimate of drug-likeness (QED) is 0.462. The molecule has 0 bridgehead atoms. The first kappa shape index (κ1) is 21.5. The molecule has 3 aromatic carbocycles. The Balaban J connectivity index is 1.69. The maximum atomic E-state index is 14.1. The summed E-state index contributed by atoms with van der Waals surface area (Å²) in [6.45, 7) is 5.12. The maximum absolute atomic E-state index is 14.1. The molecule has 6 heteroatoms. The Morgan fingerprint density at radius 2 is 1.57 bits per heavy atom. The van der Waals surface area contributed by atoms with Crippen LogP contribution in [0.2, 0.25) is 0 Å². The van der Waals surface area contributed by atoms with Gasteiger partial charge in [-0.05, 0) is 47.9 Å². The van der Waals surface area contributed by atoms with Gasteiger partial charge in [0.1, 0.15) is 13.2 Å². The molecule has 0 radical (unpaired) electrons. The van der Waals surface area contributed by atoms with E-state index in [9.17, 15) is 18.3 Å². The van der Waals surface area contributed by atoms with Crippen molar-refractivity contribution in [1.82, 2.24) is 0 Å². The van der Waals surface area contributed by atoms with Crippen LogP contribution in [0, 0.1) is 17.5 Å². The van der Waals surface area contributed by atoms with Crippen LogP contribution in [0.4, 0.5) is 13.2 Å². The molecule has 0 heterocycles. The van der Waals surface area contributed by atoms with E-state index in [1.165, 1.54) is 31.2 Å². The van der Waals surface area contributed by atoms with Crippen LogP contribution in [0.15, 0.2) is 67.3 Å². The first-order chi connectivity index (χ1) is 14.4. The fraction of sp³-hybridized carbons (Fsp3) is 0.167. The van der Waals surface area contributed by atoms with Gasteiger partial charge in [-0.3, -0.25) is 0 Å². The summed E-state index contributed by atoms with van der Waals surface area (Å²) in [5.74, 6) is -2.82. The number of hydrogen-bond acceptors (Lipinski definition) is 3. The van der Waals surface area contributed by atoms with E-state index >= 15 is 0 Å². The molecule has 1 atom stereocenters. The monoisotopic (exact) mass is 414 g/mol. The van der Waals surface area contributed by atoms with Crippen molar-refractivity contribution in [2.75, 3.05) is 6.61 Å². The second-order valence-electron chi connectivity index (χ2n) is 6.69. The maximum Gasteiger partial charge on any atom is 0.201 e. The van der Waals surface area contributed by atoms with Crippen LogP contribution < -0.4 is 9.47 Å². The van der Waals surface area contributed by atoms with Gasteiger partial charge in [-0.15, -0.1) is 0 Å². The predicted octanol–water partition coefficient (Wildman–Crippen LogP) is 5.97. The smallest absolute Gasteiger partial charge is 0.201 e. The summed E-state index contributed by atoms with van der Waals surface area (Å²) in [6, 6.07) is 14.3. The van der Waals surface area contributed by atoms with Crippen molar-refractivity contribution in [3.8, 4) is 22.6 Å². The molecule has 0 aliphatic rings. The Hall–Kier alpha value is -3.25. The molecule has 0 fully saturated rings. The van der Waals surface area contributed by atoms with E-state index in [1.54, 1.807) is 36.4 Å². The van der Waals surface area contributed by atoms with Crippen molar-refractivity contribution >= 4 is 0 Å². The van der Waals surface area contributed by atoms with E-state index in [1.807, 2.05) is 0 Å². The van der Waals surface area contributed by atoms with E-state index in [0.717, 1.165) is 11.1 Å². The molecule has 0 aliphatic carbocycles. The summed E-state index contributed by atoms with van der Waals surface area (Å²) in [6.07, 6.45) is 0.421. The number of halogens is 3. The van der Waals surface area contributed by atoms with Gasteiger partial charge in [-0.2, -0.15) is 4.39 Å². The minimum atomic E-state index is -1.14. The van der Waals surface area contributed by atoms with Crippen molar-refractivity contribution < 1.29 is 27.8 Å². The van der Waals surface area contributed by atoms with Crippen molar-refractivity contribution in [1.29, 1.82) is 0 Å². The third kappa shape index (κ3) is 4.83. The zero-order valence-corrected chi connectivity index (χ0v) is 16.4. The lowest BCUT2D eigenvalue weighted by atomic mass is 10.0. The lowest BCUT2D eigenvalue weighted by Crippen LogP contribution is -2.03. The summed E-state index contributed by atoms with van der Waals surface area (Å²) in [7, 11) is 0. The van der Waals surface area contributed by atoms with Gasteiger partial charge in [0.15, 0.2) is 23.1 Å². The molecule has 0 aliphatic heterocycles. The summed E-state index contributed by atoms with van der Waals surface area (Å²) in [5.41, 5.74) is 2.06. The molecule has 0 spiro atoms. The lowest BCUT2D eigenvalue weighted by molar-refractivity contribution is 0.191. The molecule has 0 saturated heterocycles. The van der Waals surface area contributed by atoms with E-state index in [2.05, 4.69) is 6.58 Å². The van der Waals surface area contributed by atoms with Gasteiger partial charge < -0.3 is 14.6 Å². The fourth-order valence-electron chi connectivity index (χ4n) is 2.88. The summed E-state index contributed by atoms with van der Waals surface area (Å²) >= 11 is 0. The summed E-state index contributed by atoms with van der Waals surface area (Å²) in [5, 5.41) is 9.44. The van der Waals surface area contributed by atoms with E-state index in [-0.39, 0.29) is 30.3 Å². The zero-order chi connectivity index (χ0) is 21.7. The Kier molecular flexibility index (Phi) is 6.79. The molecule has 156 valence electrons. The molecule has 0 aromatic heterocycles. The average Bonchev–Trinajstić information content (AvgIpc) is 2.74. The molecular formula is C24H21F3O3. The van der Waals surface area contributed by atoms with Crippen LogP contribution in [-0.2, 0) is 6.61 Å².